The first kappa shape index (κ1) is 22.5. The minimum atomic E-state index is -0.430. The predicted molar refractivity (Wildman–Crippen MR) is 117 cm³/mol. The number of carbonyl (C=O) groups excluding carboxylic acids is 4. The summed E-state index contributed by atoms with van der Waals surface area (Å²) >= 11 is 0. The average Bonchev–Trinajstić information content (AvgIpc) is 3.30. The molecule has 0 aromatic carbocycles. The molecule has 4 amide bonds. The molecule has 0 aliphatic carbocycles. The monoisotopic (exact) mass is 451 g/mol. The quantitative estimate of drug-likeness (QED) is 0.660. The summed E-state index contributed by atoms with van der Waals surface area (Å²) in [5, 5.41) is 2.73. The molecule has 0 bridgehead atoms. The zero-order valence-corrected chi connectivity index (χ0v) is 18.3. The molecule has 10 nitrogen and oxygen atoms in total. The van der Waals surface area contributed by atoms with Crippen LogP contribution in [0.2, 0.25) is 0 Å². The zero-order chi connectivity index (χ0) is 23.4. The minimum absolute atomic E-state index is 0.0303. The van der Waals surface area contributed by atoms with E-state index in [1.807, 2.05) is 13.0 Å². The van der Waals surface area contributed by atoms with Gasteiger partial charge in [-0.3, -0.25) is 24.1 Å². The molecule has 4 heterocycles. The van der Waals surface area contributed by atoms with Gasteiger partial charge in [0.25, 0.3) is 17.7 Å². The molecule has 0 spiro atoms. The second-order valence-corrected chi connectivity index (χ2v) is 8.05. The van der Waals surface area contributed by atoms with Crippen molar-refractivity contribution in [3.8, 4) is 0 Å². The van der Waals surface area contributed by atoms with Crippen LogP contribution in [-0.2, 0) is 19.1 Å². The number of rotatable bonds is 6. The standard InChI is InChI=1S/C23H25N5O5/c1-15-7-8-19(24-12-15)26-23(32)17-5-2-4-16(25-17)18-6-3-10-27(18)20(29)9-11-28-21(30)13-33-14-22(28)31/h2,4-5,7-8,12,18H,3,6,9-11,13-14H2,1H3,(H,24,26,32)/t18-/m0/s1. The molecular formula is C23H25N5O5. The van der Waals surface area contributed by atoms with Crippen molar-refractivity contribution in [2.24, 2.45) is 0 Å². The molecule has 33 heavy (non-hydrogen) atoms. The van der Waals surface area contributed by atoms with Crippen molar-refractivity contribution in [1.29, 1.82) is 0 Å². The van der Waals surface area contributed by atoms with Gasteiger partial charge < -0.3 is 15.0 Å². The van der Waals surface area contributed by atoms with E-state index in [0.29, 0.717) is 18.1 Å². The molecule has 4 rings (SSSR count). The number of aryl methyl sites for hydroxylation is 1. The van der Waals surface area contributed by atoms with E-state index in [4.69, 9.17) is 4.74 Å². The number of nitrogens with zero attached hydrogens (tertiary/aromatic N) is 4. The van der Waals surface area contributed by atoms with E-state index < -0.39 is 11.8 Å². The summed E-state index contributed by atoms with van der Waals surface area (Å²) in [6.45, 7) is 2.20. The van der Waals surface area contributed by atoms with Crippen molar-refractivity contribution < 1.29 is 23.9 Å². The molecule has 0 radical (unpaired) electrons. The van der Waals surface area contributed by atoms with Crippen LogP contribution in [0, 0.1) is 6.92 Å². The molecule has 172 valence electrons. The number of pyridine rings is 2. The van der Waals surface area contributed by atoms with Gasteiger partial charge in [0.05, 0.1) is 11.7 Å². The number of aromatic nitrogens is 2. The van der Waals surface area contributed by atoms with E-state index in [2.05, 4.69) is 15.3 Å². The molecule has 0 unspecified atom stereocenters. The summed E-state index contributed by atoms with van der Waals surface area (Å²) in [5.41, 5.74) is 1.85. The first-order chi connectivity index (χ1) is 15.9. The summed E-state index contributed by atoms with van der Waals surface area (Å²) in [4.78, 5) is 60.8. The Morgan fingerprint density at radius 2 is 1.94 bits per heavy atom. The highest BCUT2D eigenvalue weighted by atomic mass is 16.5. The smallest absolute Gasteiger partial charge is 0.275 e. The van der Waals surface area contributed by atoms with Crippen LogP contribution in [0.4, 0.5) is 5.82 Å². The highest BCUT2D eigenvalue weighted by Gasteiger charge is 2.33. The number of nitrogens with one attached hydrogen (secondary N) is 1. The van der Waals surface area contributed by atoms with Gasteiger partial charge in [-0.1, -0.05) is 12.1 Å². The van der Waals surface area contributed by atoms with Gasteiger partial charge in [0, 0.05) is 25.7 Å². The molecule has 2 fully saturated rings. The summed E-state index contributed by atoms with van der Waals surface area (Å²) in [6.07, 6.45) is 3.22. The van der Waals surface area contributed by atoms with Crippen LogP contribution in [-0.4, -0.2) is 69.7 Å². The van der Waals surface area contributed by atoms with Crippen molar-refractivity contribution in [2.75, 3.05) is 31.6 Å². The van der Waals surface area contributed by atoms with Gasteiger partial charge in [-0.15, -0.1) is 0 Å². The molecule has 10 heteroatoms. The molecule has 2 aliphatic heterocycles. The van der Waals surface area contributed by atoms with E-state index in [0.717, 1.165) is 23.3 Å². The van der Waals surface area contributed by atoms with E-state index in [1.165, 1.54) is 0 Å². The van der Waals surface area contributed by atoms with E-state index in [-0.39, 0.29) is 49.7 Å². The Morgan fingerprint density at radius 3 is 2.67 bits per heavy atom. The summed E-state index contributed by atoms with van der Waals surface area (Å²) in [7, 11) is 0. The van der Waals surface area contributed by atoms with Crippen LogP contribution in [0.25, 0.3) is 0 Å². The van der Waals surface area contributed by atoms with Crippen LogP contribution < -0.4 is 5.32 Å². The number of carbonyl (C=O) groups is 4. The third kappa shape index (κ3) is 5.23. The first-order valence-corrected chi connectivity index (χ1v) is 10.8. The van der Waals surface area contributed by atoms with Gasteiger partial charge in [-0.25, -0.2) is 9.97 Å². The fourth-order valence-electron chi connectivity index (χ4n) is 3.98. The fourth-order valence-corrected chi connectivity index (χ4v) is 3.98. The Labute approximate surface area is 190 Å². The summed E-state index contributed by atoms with van der Waals surface area (Å²) < 4.78 is 4.90. The van der Waals surface area contributed by atoms with E-state index in [1.54, 1.807) is 35.4 Å². The normalized spacial score (nSPS) is 18.5. The lowest BCUT2D eigenvalue weighted by Crippen LogP contribution is -2.47. The number of hydrogen-bond acceptors (Lipinski definition) is 7. The molecule has 2 saturated heterocycles. The second kappa shape index (κ2) is 9.86. The molecule has 2 aliphatic rings. The van der Waals surface area contributed by atoms with Crippen LogP contribution in [0.15, 0.2) is 36.5 Å². The van der Waals surface area contributed by atoms with Crippen LogP contribution in [0.3, 0.4) is 0 Å². The van der Waals surface area contributed by atoms with Gasteiger partial charge in [0.2, 0.25) is 5.91 Å². The van der Waals surface area contributed by atoms with Crippen molar-refractivity contribution in [3.05, 3.63) is 53.5 Å². The maximum atomic E-state index is 12.9. The number of morpholine rings is 1. The molecular weight excluding hydrogens is 426 g/mol. The van der Waals surface area contributed by atoms with E-state index in [9.17, 15) is 19.2 Å². The fraction of sp³-hybridized carbons (Fsp3) is 0.391. The van der Waals surface area contributed by atoms with Gasteiger partial charge in [-0.05, 0) is 43.5 Å². The Kier molecular flexibility index (Phi) is 6.74. The Balaban J connectivity index is 1.42. The Morgan fingerprint density at radius 1 is 1.15 bits per heavy atom. The predicted octanol–water partition coefficient (Wildman–Crippen LogP) is 1.48. The van der Waals surface area contributed by atoms with Crippen molar-refractivity contribution in [2.45, 2.75) is 32.2 Å². The molecule has 0 saturated carbocycles. The van der Waals surface area contributed by atoms with Gasteiger partial charge in [0.1, 0.15) is 24.7 Å². The number of amides is 4. The average molecular weight is 451 g/mol. The van der Waals surface area contributed by atoms with Gasteiger partial charge in [-0.2, -0.15) is 0 Å². The lowest BCUT2D eigenvalue weighted by atomic mass is 10.1. The SMILES string of the molecule is Cc1ccc(NC(=O)c2cccc([C@@H]3CCCN3C(=O)CCN3C(=O)COCC3=O)n2)nc1. The molecule has 1 atom stereocenters. The third-order valence-electron chi connectivity index (χ3n) is 5.67. The lowest BCUT2D eigenvalue weighted by molar-refractivity contribution is -0.158. The van der Waals surface area contributed by atoms with Gasteiger partial charge in [0.15, 0.2) is 0 Å². The van der Waals surface area contributed by atoms with Gasteiger partial charge >= 0.3 is 0 Å². The highest BCUT2D eigenvalue weighted by Crippen LogP contribution is 2.31. The maximum Gasteiger partial charge on any atom is 0.275 e. The van der Waals surface area contributed by atoms with E-state index >= 15 is 0 Å². The number of likely N-dealkylation sites (tertiary alicyclic amines) is 1. The van der Waals surface area contributed by atoms with Crippen molar-refractivity contribution >= 4 is 29.4 Å². The van der Waals surface area contributed by atoms with Crippen LogP contribution >= 0.6 is 0 Å². The summed E-state index contributed by atoms with van der Waals surface area (Å²) in [5.74, 6) is -0.970. The van der Waals surface area contributed by atoms with Crippen molar-refractivity contribution in [3.63, 3.8) is 0 Å². The third-order valence-corrected chi connectivity index (χ3v) is 5.67. The molecule has 2 aromatic heterocycles. The number of imide groups is 1. The zero-order valence-electron chi connectivity index (χ0n) is 18.3. The number of anilines is 1. The maximum absolute atomic E-state index is 12.9. The lowest BCUT2D eigenvalue weighted by Gasteiger charge is -2.28. The largest absolute Gasteiger partial charge is 0.362 e. The minimum Gasteiger partial charge on any atom is -0.362 e. The molecule has 1 N–H and O–H groups in total. The summed E-state index contributed by atoms with van der Waals surface area (Å²) in [6, 6.07) is 8.46. The number of hydrogen-bond donors (Lipinski definition) is 1. The van der Waals surface area contributed by atoms with Crippen LogP contribution in [0.1, 0.15) is 47.1 Å². The first-order valence-electron chi connectivity index (χ1n) is 10.8. The Bertz CT molecular complexity index is 1060. The topological polar surface area (TPSA) is 122 Å². The van der Waals surface area contributed by atoms with Crippen LogP contribution in [0.5, 0.6) is 0 Å². The molecule has 2 aromatic rings. The highest BCUT2D eigenvalue weighted by molar-refractivity contribution is 6.02. The number of ether oxygens (including phenoxy) is 1. The van der Waals surface area contributed by atoms with Crippen molar-refractivity contribution in [1.82, 2.24) is 19.8 Å². The Hall–Kier alpha value is -3.66. The second-order valence-electron chi connectivity index (χ2n) is 8.05.